The van der Waals surface area contributed by atoms with Gasteiger partial charge < -0.3 is 14.2 Å². The third kappa shape index (κ3) is 6.17. The zero-order valence-corrected chi connectivity index (χ0v) is 39.5. The minimum absolute atomic E-state index is 0.0273. The first kappa shape index (κ1) is 40.0. The molecule has 67 heavy (non-hydrogen) atoms. The van der Waals surface area contributed by atoms with Crippen LogP contribution in [0.1, 0.15) is 52.7 Å². The first-order valence-corrected chi connectivity index (χ1v) is 24.3. The highest BCUT2D eigenvalue weighted by Gasteiger charge is 2.44. The third-order valence-electron chi connectivity index (χ3n) is 14.4. The van der Waals surface area contributed by atoms with E-state index in [2.05, 4.69) is 233 Å². The van der Waals surface area contributed by atoms with Crippen molar-refractivity contribution in [1.29, 1.82) is 0 Å². The lowest BCUT2D eigenvalue weighted by molar-refractivity contribution is 0.590. The molecule has 5 heteroatoms. The Balaban J connectivity index is 0.989. The van der Waals surface area contributed by atoms with Gasteiger partial charge in [0.15, 0.2) is 0 Å². The highest BCUT2D eigenvalue weighted by Crippen LogP contribution is 2.47. The van der Waals surface area contributed by atoms with Crippen LogP contribution >= 0.6 is 11.3 Å². The van der Waals surface area contributed by atoms with E-state index in [-0.39, 0.29) is 17.5 Å². The zero-order valence-electron chi connectivity index (χ0n) is 38.7. The molecule has 9 aromatic carbocycles. The number of anilines is 6. The maximum Gasteiger partial charge on any atom is 0.252 e. The molecule has 11 aromatic rings. The summed E-state index contributed by atoms with van der Waals surface area (Å²) in [5.74, 6) is 0. The number of para-hydroxylation sites is 2. The predicted molar refractivity (Wildman–Crippen MR) is 289 cm³/mol. The van der Waals surface area contributed by atoms with Gasteiger partial charge in [0.05, 0.1) is 0 Å². The minimum Gasteiger partial charge on any atom is -0.455 e. The first-order chi connectivity index (χ1) is 32.5. The zero-order chi connectivity index (χ0) is 45.3. The smallest absolute Gasteiger partial charge is 0.252 e. The average molecular weight is 881 g/mol. The van der Waals surface area contributed by atoms with Crippen molar-refractivity contribution < 1.29 is 4.42 Å². The Morgan fingerprint density at radius 2 is 1.00 bits per heavy atom. The Bertz CT molecular complexity index is 3790. The van der Waals surface area contributed by atoms with Crippen LogP contribution in [0, 0.1) is 0 Å². The van der Waals surface area contributed by atoms with Crippen molar-refractivity contribution in [2.45, 2.75) is 52.4 Å². The summed E-state index contributed by atoms with van der Waals surface area (Å²) in [6.07, 6.45) is 0. The number of nitrogens with zero attached hydrogens (tertiary/aromatic N) is 2. The number of rotatable bonds is 4. The molecule has 0 saturated heterocycles. The molecule has 13 rings (SSSR count). The highest BCUT2D eigenvalue weighted by atomic mass is 32.1. The topological polar surface area (TPSA) is 19.6 Å². The molecule has 4 heterocycles. The summed E-state index contributed by atoms with van der Waals surface area (Å²) in [6.45, 7) is 14.0. The van der Waals surface area contributed by atoms with Gasteiger partial charge in [0.2, 0.25) is 0 Å². The van der Waals surface area contributed by atoms with Crippen molar-refractivity contribution in [2.24, 2.45) is 0 Å². The Kier molecular flexibility index (Phi) is 8.70. The van der Waals surface area contributed by atoms with Gasteiger partial charge >= 0.3 is 0 Å². The van der Waals surface area contributed by atoms with Crippen molar-refractivity contribution in [3.8, 4) is 22.3 Å². The van der Waals surface area contributed by atoms with Gasteiger partial charge in [0.25, 0.3) is 6.71 Å². The maximum atomic E-state index is 6.50. The molecule has 2 aliphatic heterocycles. The van der Waals surface area contributed by atoms with Gasteiger partial charge in [-0.1, -0.05) is 169 Å². The van der Waals surface area contributed by atoms with Gasteiger partial charge in [-0.2, -0.15) is 0 Å². The number of thiophene rings is 1. The van der Waals surface area contributed by atoms with E-state index in [1.54, 1.807) is 0 Å². The average Bonchev–Trinajstić information content (AvgIpc) is 3.92. The molecule has 0 fully saturated rings. The Hall–Kier alpha value is -7.34. The molecule has 0 atom stereocenters. The lowest BCUT2D eigenvalue weighted by Gasteiger charge is -2.44. The Labute approximate surface area is 396 Å². The summed E-state index contributed by atoms with van der Waals surface area (Å²) in [4.78, 5) is 5.04. The maximum absolute atomic E-state index is 6.50. The van der Waals surface area contributed by atoms with E-state index in [4.69, 9.17) is 4.42 Å². The second kappa shape index (κ2) is 14.6. The molecule has 0 amide bonds. The van der Waals surface area contributed by atoms with E-state index in [9.17, 15) is 0 Å². The molecule has 0 N–H and O–H groups in total. The predicted octanol–water partition coefficient (Wildman–Crippen LogP) is 16.0. The van der Waals surface area contributed by atoms with Crippen LogP contribution < -0.4 is 26.2 Å². The standard InChI is InChI=1S/C62H49BN2OS/c1-61(2,3)40-29-35-52-51(36-40)63-50-34-28-41(62(4,5)6)37-55(50)65(43-32-26-39(27-33-43)45-17-12-19-49-47-15-8-10-23-57(47)67-60(45)49)54-21-13-20-53(58(54)63)64(52)42-30-24-38(25-31-42)44-16-11-18-48-46-14-7-9-22-56(46)66-59(44)48/h7-37H,1-6H3. The van der Waals surface area contributed by atoms with Crippen molar-refractivity contribution in [2.75, 3.05) is 9.80 Å². The largest absolute Gasteiger partial charge is 0.455 e. The van der Waals surface area contributed by atoms with Gasteiger partial charge in [-0.15, -0.1) is 11.3 Å². The van der Waals surface area contributed by atoms with E-state index in [0.717, 1.165) is 44.4 Å². The number of furan rings is 1. The normalized spacial score (nSPS) is 13.4. The second-order valence-corrected chi connectivity index (χ2v) is 21.6. The van der Waals surface area contributed by atoms with E-state index < -0.39 is 0 Å². The van der Waals surface area contributed by atoms with Crippen molar-refractivity contribution in [1.82, 2.24) is 0 Å². The molecule has 2 aromatic heterocycles. The molecule has 0 bridgehead atoms. The second-order valence-electron chi connectivity index (χ2n) is 20.5. The van der Waals surface area contributed by atoms with Crippen LogP contribution in [-0.2, 0) is 10.8 Å². The Morgan fingerprint density at radius 3 is 1.72 bits per heavy atom. The SMILES string of the molecule is CC(C)(C)c1ccc2c(c1)B1c3ccc(C(C)(C)C)cc3N(c3ccc(-c4cccc5c4sc4ccccc45)cc3)c3cccc(c31)N2c1ccc(-c2cccc3c2oc2ccccc23)cc1. The minimum atomic E-state index is -0.0294. The lowest BCUT2D eigenvalue weighted by Crippen LogP contribution is -2.61. The fourth-order valence-corrected chi connectivity index (χ4v) is 12.2. The molecule has 2 aliphatic rings. The lowest BCUT2D eigenvalue weighted by atomic mass is 9.33. The number of fused-ring (bicyclic) bond motifs is 10. The van der Waals surface area contributed by atoms with Crippen molar-refractivity contribution in [3.05, 3.63) is 199 Å². The van der Waals surface area contributed by atoms with E-state index >= 15 is 0 Å². The van der Waals surface area contributed by atoms with Gasteiger partial charge in [-0.3, -0.25) is 0 Å². The molecular weight excluding hydrogens is 832 g/mol. The Morgan fingerprint density at radius 1 is 0.433 bits per heavy atom. The van der Waals surface area contributed by atoms with E-state index in [0.29, 0.717) is 0 Å². The van der Waals surface area contributed by atoms with E-state index in [1.165, 1.54) is 81.6 Å². The molecule has 322 valence electrons. The van der Waals surface area contributed by atoms with Gasteiger partial charge in [-0.25, -0.2) is 0 Å². The van der Waals surface area contributed by atoms with Crippen LogP contribution in [0.25, 0.3) is 64.4 Å². The number of benzene rings is 9. The number of hydrogen-bond acceptors (Lipinski definition) is 4. The quantitative estimate of drug-likeness (QED) is 0.164. The van der Waals surface area contributed by atoms with Crippen LogP contribution in [0.3, 0.4) is 0 Å². The van der Waals surface area contributed by atoms with Gasteiger partial charge in [-0.05, 0) is 116 Å². The monoisotopic (exact) mass is 880 g/mol. The summed E-state index contributed by atoms with van der Waals surface area (Å²) in [5, 5.41) is 4.93. The van der Waals surface area contributed by atoms with Crippen LogP contribution in [0.4, 0.5) is 34.1 Å². The summed E-state index contributed by atoms with van der Waals surface area (Å²) in [6, 6.07) is 70.2. The van der Waals surface area contributed by atoms with Crippen LogP contribution in [0.2, 0.25) is 0 Å². The number of hydrogen-bond donors (Lipinski definition) is 0. The van der Waals surface area contributed by atoms with Crippen LogP contribution in [0.15, 0.2) is 192 Å². The molecule has 0 unspecified atom stereocenters. The van der Waals surface area contributed by atoms with Gasteiger partial charge in [0.1, 0.15) is 11.2 Å². The summed E-state index contributed by atoms with van der Waals surface area (Å²) in [5.41, 5.74) is 20.3. The molecule has 0 saturated carbocycles. The van der Waals surface area contributed by atoms with Gasteiger partial charge in [0, 0.05) is 70.6 Å². The third-order valence-corrected chi connectivity index (χ3v) is 15.6. The van der Waals surface area contributed by atoms with Crippen molar-refractivity contribution >= 4 is 111 Å². The summed E-state index contributed by atoms with van der Waals surface area (Å²) < 4.78 is 9.16. The van der Waals surface area contributed by atoms with Crippen molar-refractivity contribution in [3.63, 3.8) is 0 Å². The van der Waals surface area contributed by atoms with Crippen LogP contribution in [0.5, 0.6) is 0 Å². The van der Waals surface area contributed by atoms with E-state index in [1.807, 2.05) is 17.4 Å². The molecular formula is C62H49BN2OS. The van der Waals surface area contributed by atoms with Crippen LogP contribution in [-0.4, -0.2) is 6.71 Å². The molecule has 3 nitrogen and oxygen atoms in total. The molecule has 0 spiro atoms. The molecule has 0 radical (unpaired) electrons. The fourth-order valence-electron chi connectivity index (χ4n) is 11.0. The summed E-state index contributed by atoms with van der Waals surface area (Å²) in [7, 11) is 0. The fraction of sp³-hybridized carbons (Fsp3) is 0.129. The summed E-state index contributed by atoms with van der Waals surface area (Å²) >= 11 is 1.89. The first-order valence-electron chi connectivity index (χ1n) is 23.5. The molecule has 0 aliphatic carbocycles. The highest BCUT2D eigenvalue weighted by molar-refractivity contribution is 7.26.